The molecule has 2 saturated carbocycles. The number of methoxy groups -OCH3 is 2. The number of hydrogen-bond donors (Lipinski definition) is 2. The topological polar surface area (TPSA) is 139 Å². The standard InChI is InChI=1S/C48H56N6O5/c1-28(2)39-19-8-30(24-49-39)25-52-47(56)45-36-18-17-35(21-36)44(45)40-22-37(26-50-40)33-11-9-31(10-12-33)32-13-15-34(16-14-32)41-27-51-46(53-41)42-7-6-20-54(42)48(57)38(29(3)58-4)23-43(55)59-5/h8-16,19,24,26-29,35-36,38,42,44-45H,6-7,17-18,20-23,25H2,1-5H3,(H,51,53)(H,52,56)/t29-,35?,36?,38+,42+,44+,45-/m1/s1. The Hall–Kier alpha value is -5.42. The van der Waals surface area contributed by atoms with Crippen LogP contribution in [0.15, 0.2) is 84.2 Å². The molecular formula is C48H56N6O5. The van der Waals surface area contributed by atoms with Crippen LogP contribution >= 0.6 is 0 Å². The molecule has 7 atom stereocenters. The van der Waals surface area contributed by atoms with E-state index in [0.29, 0.717) is 30.8 Å². The third-order valence-corrected chi connectivity index (χ3v) is 13.4. The number of aromatic amines is 1. The Morgan fingerprint density at radius 1 is 0.864 bits per heavy atom. The Labute approximate surface area is 347 Å². The second-order valence-electron chi connectivity index (χ2n) is 17.2. The van der Waals surface area contributed by atoms with Crippen LogP contribution in [0.1, 0.15) is 100 Å². The van der Waals surface area contributed by atoms with Crippen LogP contribution in [0.2, 0.25) is 0 Å². The summed E-state index contributed by atoms with van der Waals surface area (Å²) in [6.45, 7) is 7.18. The predicted molar refractivity (Wildman–Crippen MR) is 228 cm³/mol. The Balaban J connectivity index is 0.879. The summed E-state index contributed by atoms with van der Waals surface area (Å²) in [6.07, 6.45) is 11.1. The minimum absolute atomic E-state index is 0.0227. The maximum absolute atomic E-state index is 13.7. The van der Waals surface area contributed by atoms with Crippen LogP contribution in [0.5, 0.6) is 0 Å². The van der Waals surface area contributed by atoms with Crippen molar-refractivity contribution < 1.29 is 23.9 Å². The van der Waals surface area contributed by atoms with Gasteiger partial charge in [-0.2, -0.15) is 0 Å². The Kier molecular flexibility index (Phi) is 11.9. The molecule has 8 rings (SSSR count). The van der Waals surface area contributed by atoms with Crippen LogP contribution in [-0.2, 0) is 30.4 Å². The molecule has 11 nitrogen and oxygen atoms in total. The largest absolute Gasteiger partial charge is 0.469 e. The fourth-order valence-corrected chi connectivity index (χ4v) is 9.95. The summed E-state index contributed by atoms with van der Waals surface area (Å²) in [7, 11) is 2.88. The number of pyridine rings is 1. The van der Waals surface area contributed by atoms with Gasteiger partial charge in [0.25, 0.3) is 0 Å². The number of imidazole rings is 1. The van der Waals surface area contributed by atoms with Gasteiger partial charge < -0.3 is 24.7 Å². The van der Waals surface area contributed by atoms with Gasteiger partial charge >= 0.3 is 5.97 Å². The van der Waals surface area contributed by atoms with Crippen molar-refractivity contribution >= 4 is 29.1 Å². The molecule has 2 bridgehead atoms. The van der Waals surface area contributed by atoms with Gasteiger partial charge in [-0.25, -0.2) is 4.98 Å². The molecule has 0 radical (unpaired) electrons. The van der Waals surface area contributed by atoms with E-state index >= 15 is 0 Å². The number of allylic oxidation sites excluding steroid dienone is 1. The number of likely N-dealkylation sites (tertiary alicyclic amines) is 1. The van der Waals surface area contributed by atoms with Crippen LogP contribution < -0.4 is 5.32 Å². The highest BCUT2D eigenvalue weighted by atomic mass is 16.5. The summed E-state index contributed by atoms with van der Waals surface area (Å²) in [5, 5.41) is 3.25. The summed E-state index contributed by atoms with van der Waals surface area (Å²) in [4.78, 5) is 59.1. The third kappa shape index (κ3) is 8.40. The van der Waals surface area contributed by atoms with E-state index in [9.17, 15) is 14.4 Å². The normalized spacial score (nSPS) is 23.3. The number of carbonyl (C=O) groups excluding carboxylic acids is 3. The van der Waals surface area contributed by atoms with Crippen LogP contribution in [0, 0.1) is 29.6 Å². The number of fused-ring (bicyclic) bond motifs is 2. The number of H-pyrrole nitrogens is 1. The number of hydrogen-bond acceptors (Lipinski definition) is 8. The zero-order valence-corrected chi connectivity index (χ0v) is 34.8. The van der Waals surface area contributed by atoms with E-state index in [0.717, 1.165) is 82.8 Å². The molecule has 4 aliphatic rings. The van der Waals surface area contributed by atoms with Gasteiger partial charge in [0.2, 0.25) is 11.8 Å². The van der Waals surface area contributed by atoms with Crippen LogP contribution in [0.3, 0.4) is 0 Å². The number of aromatic nitrogens is 3. The van der Waals surface area contributed by atoms with E-state index in [2.05, 4.69) is 89.8 Å². The Morgan fingerprint density at radius 2 is 1.58 bits per heavy atom. The molecule has 59 heavy (non-hydrogen) atoms. The number of benzene rings is 2. The van der Waals surface area contributed by atoms with E-state index in [-0.39, 0.29) is 36.1 Å². The van der Waals surface area contributed by atoms with E-state index < -0.39 is 18.0 Å². The fraction of sp³-hybridized carbons (Fsp3) is 0.458. The van der Waals surface area contributed by atoms with Gasteiger partial charge in [-0.05, 0) is 96.2 Å². The molecule has 2 N–H and O–H groups in total. The molecule has 1 saturated heterocycles. The molecule has 2 aliphatic carbocycles. The second kappa shape index (κ2) is 17.4. The Morgan fingerprint density at radius 3 is 2.25 bits per heavy atom. The maximum atomic E-state index is 13.7. The molecule has 2 aromatic carbocycles. The number of aliphatic imine (C=N–C) groups is 1. The molecular weight excluding hydrogens is 741 g/mol. The van der Waals surface area contributed by atoms with E-state index in [1.807, 2.05) is 30.4 Å². The molecule has 308 valence electrons. The van der Waals surface area contributed by atoms with E-state index in [1.165, 1.54) is 19.1 Å². The Bertz CT molecular complexity index is 2210. The summed E-state index contributed by atoms with van der Waals surface area (Å²) in [6, 6.07) is 21.0. The van der Waals surface area contributed by atoms with E-state index in [4.69, 9.17) is 19.5 Å². The maximum Gasteiger partial charge on any atom is 0.306 e. The number of rotatable bonds is 14. The molecule has 2 aliphatic heterocycles. The number of nitrogens with zero attached hydrogens (tertiary/aromatic N) is 4. The SMILES string of the molecule is COC(=O)C[C@H](C(=O)N1CCC[C@H]1c1ncc(-c2ccc(-c3ccc(C4=CN=C([C@@H]5C6CCC(C6)[C@H]5C(=O)NCc5ccc(C(C)C)nc5)C4)cc3)cc2)[nH]1)[C@@H](C)OC. The van der Waals surface area contributed by atoms with Crippen LogP contribution in [0.4, 0.5) is 0 Å². The summed E-state index contributed by atoms with van der Waals surface area (Å²) >= 11 is 0. The quantitative estimate of drug-likeness (QED) is 0.123. The smallest absolute Gasteiger partial charge is 0.306 e. The highest BCUT2D eigenvalue weighted by Crippen LogP contribution is 2.54. The van der Waals surface area contributed by atoms with Crippen molar-refractivity contribution in [2.45, 2.75) is 90.3 Å². The average molecular weight is 797 g/mol. The zero-order chi connectivity index (χ0) is 41.2. The van der Waals surface area contributed by atoms with Crippen molar-refractivity contribution in [1.29, 1.82) is 0 Å². The molecule has 2 unspecified atom stereocenters. The number of amides is 2. The lowest BCUT2D eigenvalue weighted by Crippen LogP contribution is -2.41. The molecule has 4 heterocycles. The minimum atomic E-state index is -0.632. The van der Waals surface area contributed by atoms with Crippen molar-refractivity contribution in [2.24, 2.45) is 34.6 Å². The number of esters is 1. The molecule has 2 amide bonds. The lowest BCUT2D eigenvalue weighted by Gasteiger charge is -2.30. The highest BCUT2D eigenvalue weighted by molar-refractivity contribution is 6.02. The van der Waals surface area contributed by atoms with Crippen molar-refractivity contribution in [1.82, 2.24) is 25.2 Å². The van der Waals surface area contributed by atoms with Gasteiger partial charge in [-0.1, -0.05) is 68.4 Å². The molecule has 11 heteroatoms. The molecule has 2 aromatic heterocycles. The molecule has 0 spiro atoms. The second-order valence-corrected chi connectivity index (χ2v) is 17.2. The lowest BCUT2D eigenvalue weighted by atomic mass is 9.75. The van der Waals surface area contributed by atoms with Crippen molar-refractivity contribution in [3.63, 3.8) is 0 Å². The number of carbonyl (C=O) groups is 3. The highest BCUT2D eigenvalue weighted by Gasteiger charge is 2.52. The summed E-state index contributed by atoms with van der Waals surface area (Å²) in [5.41, 5.74) is 9.72. The first-order chi connectivity index (χ1) is 28.6. The van der Waals surface area contributed by atoms with Gasteiger partial charge in [0.1, 0.15) is 5.82 Å². The average Bonchev–Trinajstić information content (AvgIpc) is 4.13. The first-order valence-electron chi connectivity index (χ1n) is 21.3. The monoisotopic (exact) mass is 796 g/mol. The fourth-order valence-electron chi connectivity index (χ4n) is 9.95. The predicted octanol–water partition coefficient (Wildman–Crippen LogP) is 8.30. The van der Waals surface area contributed by atoms with Crippen molar-refractivity contribution in [3.8, 4) is 22.4 Å². The van der Waals surface area contributed by atoms with Gasteiger partial charge in [0.15, 0.2) is 0 Å². The van der Waals surface area contributed by atoms with E-state index in [1.54, 1.807) is 7.11 Å². The van der Waals surface area contributed by atoms with Crippen molar-refractivity contribution in [3.05, 3.63) is 102 Å². The summed E-state index contributed by atoms with van der Waals surface area (Å²) in [5.74, 6) is 1.21. The van der Waals surface area contributed by atoms with Gasteiger partial charge in [-0.15, -0.1) is 0 Å². The van der Waals surface area contributed by atoms with Gasteiger partial charge in [-0.3, -0.25) is 24.4 Å². The first-order valence-corrected chi connectivity index (χ1v) is 21.3. The van der Waals surface area contributed by atoms with Crippen LogP contribution in [-0.4, -0.2) is 70.2 Å². The lowest BCUT2D eigenvalue weighted by molar-refractivity contribution is -0.151. The number of ether oxygens (including phenoxy) is 2. The third-order valence-electron chi connectivity index (χ3n) is 13.4. The summed E-state index contributed by atoms with van der Waals surface area (Å²) < 4.78 is 10.3. The van der Waals surface area contributed by atoms with Crippen molar-refractivity contribution in [2.75, 3.05) is 20.8 Å². The van der Waals surface area contributed by atoms with Gasteiger partial charge in [0.05, 0.1) is 43.5 Å². The number of nitrogens with one attached hydrogen (secondary N) is 2. The zero-order valence-electron chi connectivity index (χ0n) is 34.8. The van der Waals surface area contributed by atoms with Crippen LogP contribution in [0.25, 0.3) is 28.0 Å². The molecule has 4 aromatic rings. The molecule has 3 fully saturated rings. The first kappa shape index (κ1) is 40.4. The van der Waals surface area contributed by atoms with Gasteiger partial charge in [0, 0.05) is 62.3 Å². The minimum Gasteiger partial charge on any atom is -0.469 e.